The minimum Gasteiger partial charge on any atom is -0.296 e. The van der Waals surface area contributed by atoms with Crippen LogP contribution in [-0.4, -0.2) is 28.2 Å². The van der Waals surface area contributed by atoms with Crippen LogP contribution in [0.1, 0.15) is 6.92 Å². The SMILES string of the molecule is CC1C(I)C=NN1C. The topological polar surface area (TPSA) is 15.6 Å². The van der Waals surface area contributed by atoms with Crippen molar-refractivity contribution in [2.45, 2.75) is 16.9 Å². The van der Waals surface area contributed by atoms with Crippen molar-refractivity contribution in [2.75, 3.05) is 7.05 Å². The number of alkyl halides is 1. The first-order valence-electron chi connectivity index (χ1n) is 2.63. The fraction of sp³-hybridized carbons (Fsp3) is 0.800. The number of hydrazone groups is 1. The van der Waals surface area contributed by atoms with E-state index in [1.807, 2.05) is 18.3 Å². The minimum absolute atomic E-state index is 0.579. The Bertz CT molecular complexity index is 101. The van der Waals surface area contributed by atoms with Crippen molar-refractivity contribution in [2.24, 2.45) is 5.10 Å². The summed E-state index contributed by atoms with van der Waals surface area (Å²) in [5, 5.41) is 6.08. The molecule has 1 aliphatic heterocycles. The van der Waals surface area contributed by atoms with E-state index < -0.39 is 0 Å². The second-order valence-electron chi connectivity index (χ2n) is 2.02. The molecule has 0 aliphatic carbocycles. The van der Waals surface area contributed by atoms with Crippen LogP contribution in [0.15, 0.2) is 5.10 Å². The van der Waals surface area contributed by atoms with Gasteiger partial charge in [0.1, 0.15) is 0 Å². The summed E-state index contributed by atoms with van der Waals surface area (Å²) in [6.45, 7) is 2.17. The lowest BCUT2D eigenvalue weighted by atomic mass is 10.3. The molecule has 0 aromatic heterocycles. The number of halogens is 1. The summed E-state index contributed by atoms with van der Waals surface area (Å²) in [6.07, 6.45) is 1.98. The minimum atomic E-state index is 0.579. The molecule has 1 aliphatic rings. The van der Waals surface area contributed by atoms with Crippen molar-refractivity contribution in [3.63, 3.8) is 0 Å². The van der Waals surface area contributed by atoms with Crippen LogP contribution in [0.5, 0.6) is 0 Å². The number of rotatable bonds is 0. The molecular weight excluding hydrogens is 215 g/mol. The van der Waals surface area contributed by atoms with Crippen LogP contribution >= 0.6 is 22.6 Å². The Kier molecular flexibility index (Phi) is 1.74. The first kappa shape index (κ1) is 6.32. The predicted octanol–water partition coefficient (Wildman–Crippen LogP) is 1.11. The van der Waals surface area contributed by atoms with Gasteiger partial charge < -0.3 is 0 Å². The molecule has 0 amide bonds. The van der Waals surface area contributed by atoms with E-state index in [9.17, 15) is 0 Å². The van der Waals surface area contributed by atoms with Crippen molar-refractivity contribution < 1.29 is 0 Å². The molecule has 1 rings (SSSR count). The molecule has 2 atom stereocenters. The second-order valence-corrected chi connectivity index (χ2v) is 3.46. The highest BCUT2D eigenvalue weighted by Gasteiger charge is 2.20. The van der Waals surface area contributed by atoms with Gasteiger partial charge in [-0.1, -0.05) is 22.6 Å². The van der Waals surface area contributed by atoms with Crippen LogP contribution in [0.2, 0.25) is 0 Å². The highest BCUT2D eigenvalue weighted by molar-refractivity contribution is 14.1. The average molecular weight is 224 g/mol. The zero-order valence-electron chi connectivity index (χ0n) is 5.00. The molecule has 0 spiro atoms. The summed E-state index contributed by atoms with van der Waals surface area (Å²) in [5.41, 5.74) is 0. The number of hydrogen-bond donors (Lipinski definition) is 0. The Hall–Kier alpha value is 0.200. The third-order valence-corrected chi connectivity index (χ3v) is 2.80. The summed E-state index contributed by atoms with van der Waals surface area (Å²) in [6, 6.07) is 0.579. The van der Waals surface area contributed by atoms with Gasteiger partial charge in [-0.3, -0.25) is 5.01 Å². The molecule has 8 heavy (non-hydrogen) atoms. The molecular formula is C5H9IN2. The van der Waals surface area contributed by atoms with Crippen molar-refractivity contribution in [1.29, 1.82) is 0 Å². The van der Waals surface area contributed by atoms with Gasteiger partial charge in [0.15, 0.2) is 0 Å². The van der Waals surface area contributed by atoms with Crippen molar-refractivity contribution >= 4 is 28.8 Å². The maximum atomic E-state index is 4.10. The first-order valence-corrected chi connectivity index (χ1v) is 3.87. The van der Waals surface area contributed by atoms with Gasteiger partial charge in [-0.05, 0) is 6.92 Å². The third-order valence-electron chi connectivity index (χ3n) is 1.44. The lowest BCUT2D eigenvalue weighted by molar-refractivity contribution is 0.309. The standard InChI is InChI=1S/C5H9IN2/c1-4-5(6)3-7-8(4)2/h3-5H,1-2H3. The van der Waals surface area contributed by atoms with Crippen LogP contribution in [-0.2, 0) is 0 Å². The Morgan fingerprint density at radius 3 is 2.50 bits per heavy atom. The average Bonchev–Trinajstić information content (AvgIpc) is 1.98. The van der Waals surface area contributed by atoms with Crippen molar-refractivity contribution in [3.05, 3.63) is 0 Å². The first-order chi connectivity index (χ1) is 3.72. The lowest BCUT2D eigenvalue weighted by Crippen LogP contribution is -2.25. The third kappa shape index (κ3) is 0.962. The van der Waals surface area contributed by atoms with E-state index in [1.165, 1.54) is 0 Å². The van der Waals surface area contributed by atoms with Crippen molar-refractivity contribution in [1.82, 2.24) is 5.01 Å². The predicted molar refractivity (Wildman–Crippen MR) is 43.5 cm³/mol. The van der Waals surface area contributed by atoms with E-state index in [2.05, 4.69) is 34.6 Å². The quantitative estimate of drug-likeness (QED) is 0.444. The van der Waals surface area contributed by atoms with E-state index in [-0.39, 0.29) is 0 Å². The summed E-state index contributed by atoms with van der Waals surface area (Å²) >= 11 is 2.38. The molecule has 0 radical (unpaired) electrons. The Balaban J connectivity index is 2.55. The van der Waals surface area contributed by atoms with E-state index in [0.717, 1.165) is 0 Å². The number of hydrogen-bond acceptors (Lipinski definition) is 2. The summed E-state index contributed by atoms with van der Waals surface area (Å²) in [7, 11) is 2.00. The summed E-state index contributed by atoms with van der Waals surface area (Å²) < 4.78 is 0.595. The Morgan fingerprint density at radius 1 is 1.75 bits per heavy atom. The molecule has 46 valence electrons. The van der Waals surface area contributed by atoms with Gasteiger partial charge in [0, 0.05) is 13.3 Å². The number of nitrogens with zero attached hydrogens (tertiary/aromatic N) is 2. The molecule has 0 aromatic carbocycles. The van der Waals surface area contributed by atoms with E-state index in [1.54, 1.807) is 0 Å². The van der Waals surface area contributed by atoms with Crippen LogP contribution < -0.4 is 0 Å². The zero-order chi connectivity index (χ0) is 6.15. The normalized spacial score (nSPS) is 36.6. The maximum absolute atomic E-state index is 4.10. The van der Waals surface area contributed by atoms with Gasteiger partial charge in [0.2, 0.25) is 0 Å². The lowest BCUT2D eigenvalue weighted by Gasteiger charge is -2.15. The Morgan fingerprint density at radius 2 is 2.38 bits per heavy atom. The molecule has 0 saturated carbocycles. The smallest absolute Gasteiger partial charge is 0.0697 e. The molecule has 1 heterocycles. The molecule has 0 bridgehead atoms. The fourth-order valence-corrected chi connectivity index (χ4v) is 1.21. The van der Waals surface area contributed by atoms with Gasteiger partial charge in [0.25, 0.3) is 0 Å². The molecule has 0 N–H and O–H groups in total. The monoisotopic (exact) mass is 224 g/mol. The largest absolute Gasteiger partial charge is 0.296 e. The Labute approximate surface area is 63.1 Å². The molecule has 0 saturated heterocycles. The van der Waals surface area contributed by atoms with Gasteiger partial charge in [-0.15, -0.1) is 0 Å². The van der Waals surface area contributed by atoms with E-state index in [0.29, 0.717) is 9.97 Å². The van der Waals surface area contributed by atoms with Gasteiger partial charge in [-0.25, -0.2) is 0 Å². The summed E-state index contributed by atoms with van der Waals surface area (Å²) in [5.74, 6) is 0. The maximum Gasteiger partial charge on any atom is 0.0697 e. The zero-order valence-corrected chi connectivity index (χ0v) is 7.16. The van der Waals surface area contributed by atoms with Gasteiger partial charge >= 0.3 is 0 Å². The van der Waals surface area contributed by atoms with Crippen molar-refractivity contribution in [3.8, 4) is 0 Å². The summed E-state index contributed by atoms with van der Waals surface area (Å²) in [4.78, 5) is 0. The molecule has 2 nitrogen and oxygen atoms in total. The van der Waals surface area contributed by atoms with Crippen LogP contribution in [0.3, 0.4) is 0 Å². The highest BCUT2D eigenvalue weighted by Crippen LogP contribution is 2.15. The molecule has 2 unspecified atom stereocenters. The van der Waals surface area contributed by atoms with E-state index in [4.69, 9.17) is 0 Å². The molecule has 0 fully saturated rings. The van der Waals surface area contributed by atoms with E-state index >= 15 is 0 Å². The van der Waals surface area contributed by atoms with Crippen LogP contribution in [0.25, 0.3) is 0 Å². The highest BCUT2D eigenvalue weighted by atomic mass is 127. The van der Waals surface area contributed by atoms with Gasteiger partial charge in [-0.2, -0.15) is 5.10 Å². The van der Waals surface area contributed by atoms with Gasteiger partial charge in [0.05, 0.1) is 9.97 Å². The van der Waals surface area contributed by atoms with Crippen LogP contribution in [0.4, 0.5) is 0 Å². The van der Waals surface area contributed by atoms with Crippen LogP contribution in [0, 0.1) is 0 Å². The second kappa shape index (κ2) is 2.21. The molecule has 0 aromatic rings. The molecule has 3 heteroatoms. The fourth-order valence-electron chi connectivity index (χ4n) is 0.605.